The van der Waals surface area contributed by atoms with Crippen molar-refractivity contribution in [2.24, 2.45) is 0 Å². The highest BCUT2D eigenvalue weighted by atomic mass is 35.5. The summed E-state index contributed by atoms with van der Waals surface area (Å²) in [6, 6.07) is 8.08. The molecule has 0 bridgehead atoms. The zero-order valence-corrected chi connectivity index (χ0v) is 12.0. The molecule has 1 aromatic rings. The van der Waals surface area contributed by atoms with Gasteiger partial charge in [-0.05, 0) is 37.6 Å². The van der Waals surface area contributed by atoms with E-state index >= 15 is 0 Å². The number of benzene rings is 1. The van der Waals surface area contributed by atoms with E-state index < -0.39 is 0 Å². The first-order valence-electron chi connectivity index (χ1n) is 6.19. The van der Waals surface area contributed by atoms with Crippen molar-refractivity contribution in [3.8, 4) is 0 Å². The highest BCUT2D eigenvalue weighted by Crippen LogP contribution is 2.17. The van der Waals surface area contributed by atoms with Crippen molar-refractivity contribution in [2.75, 3.05) is 20.6 Å². The molecule has 0 aromatic heterocycles. The molecule has 3 nitrogen and oxygen atoms in total. The van der Waals surface area contributed by atoms with Gasteiger partial charge in [-0.25, -0.2) is 0 Å². The van der Waals surface area contributed by atoms with Gasteiger partial charge in [0.1, 0.15) is 0 Å². The highest BCUT2D eigenvalue weighted by Gasteiger charge is 2.06. The van der Waals surface area contributed by atoms with E-state index in [1.807, 2.05) is 18.2 Å². The fourth-order valence-electron chi connectivity index (χ4n) is 1.68. The summed E-state index contributed by atoms with van der Waals surface area (Å²) >= 11 is 5.95. The molecule has 0 spiro atoms. The van der Waals surface area contributed by atoms with Crippen LogP contribution in [0, 0.1) is 0 Å². The minimum Gasteiger partial charge on any atom is -0.349 e. The molecule has 100 valence electrons. The first kappa shape index (κ1) is 15.0. The number of nitrogens with one attached hydrogen (secondary N) is 1. The summed E-state index contributed by atoms with van der Waals surface area (Å²) in [5.41, 5.74) is 1.17. The zero-order valence-electron chi connectivity index (χ0n) is 11.2. The van der Waals surface area contributed by atoms with Crippen LogP contribution in [0.15, 0.2) is 24.3 Å². The standard InChI is InChI=1S/C14H21ClN2O/c1-11(12-6-4-7-13(15)10-12)16-9-5-8-14(18)17(2)3/h4,6-7,10-11,16H,5,8-9H2,1-3H3/t11-/m0/s1. The molecular weight excluding hydrogens is 248 g/mol. The second kappa shape index (κ2) is 7.39. The van der Waals surface area contributed by atoms with Crippen molar-refractivity contribution in [1.29, 1.82) is 0 Å². The van der Waals surface area contributed by atoms with Gasteiger partial charge in [0.15, 0.2) is 0 Å². The maximum absolute atomic E-state index is 11.4. The van der Waals surface area contributed by atoms with Crippen molar-refractivity contribution in [3.05, 3.63) is 34.9 Å². The molecule has 1 rings (SSSR count). The van der Waals surface area contributed by atoms with E-state index in [-0.39, 0.29) is 11.9 Å². The number of amides is 1. The second-order valence-electron chi connectivity index (χ2n) is 4.62. The monoisotopic (exact) mass is 268 g/mol. The van der Waals surface area contributed by atoms with Crippen molar-refractivity contribution < 1.29 is 4.79 Å². The molecule has 0 aliphatic heterocycles. The smallest absolute Gasteiger partial charge is 0.222 e. The second-order valence-corrected chi connectivity index (χ2v) is 5.06. The Balaban J connectivity index is 2.29. The summed E-state index contributed by atoms with van der Waals surface area (Å²) in [7, 11) is 3.56. The van der Waals surface area contributed by atoms with Gasteiger partial charge in [0.25, 0.3) is 0 Å². The van der Waals surface area contributed by atoms with E-state index in [2.05, 4.69) is 18.3 Å². The number of hydrogen-bond donors (Lipinski definition) is 1. The first-order valence-corrected chi connectivity index (χ1v) is 6.57. The Hall–Kier alpha value is -1.06. The molecule has 0 heterocycles. The summed E-state index contributed by atoms with van der Waals surface area (Å²) in [5.74, 6) is 0.173. The van der Waals surface area contributed by atoms with Crippen LogP contribution in [0.1, 0.15) is 31.4 Å². The molecule has 1 amide bonds. The van der Waals surface area contributed by atoms with E-state index in [1.165, 1.54) is 5.56 Å². The topological polar surface area (TPSA) is 32.3 Å². The summed E-state index contributed by atoms with van der Waals surface area (Å²) in [4.78, 5) is 13.0. The Morgan fingerprint density at radius 3 is 2.78 bits per heavy atom. The maximum Gasteiger partial charge on any atom is 0.222 e. The summed E-state index contributed by atoms with van der Waals surface area (Å²) < 4.78 is 0. The fourth-order valence-corrected chi connectivity index (χ4v) is 1.87. The number of carbonyl (C=O) groups excluding carboxylic acids is 1. The minimum atomic E-state index is 0.173. The fraction of sp³-hybridized carbons (Fsp3) is 0.500. The van der Waals surface area contributed by atoms with Crippen LogP contribution >= 0.6 is 11.6 Å². The molecule has 0 radical (unpaired) electrons. The van der Waals surface area contributed by atoms with E-state index in [0.29, 0.717) is 6.42 Å². The highest BCUT2D eigenvalue weighted by molar-refractivity contribution is 6.30. The van der Waals surface area contributed by atoms with E-state index in [0.717, 1.165) is 18.0 Å². The van der Waals surface area contributed by atoms with Gasteiger partial charge in [0.05, 0.1) is 0 Å². The zero-order chi connectivity index (χ0) is 13.5. The van der Waals surface area contributed by atoms with Crippen LogP contribution in [0.3, 0.4) is 0 Å². The first-order chi connectivity index (χ1) is 8.50. The number of halogens is 1. The quantitative estimate of drug-likeness (QED) is 0.805. The third-order valence-corrected chi connectivity index (χ3v) is 3.10. The Morgan fingerprint density at radius 1 is 1.44 bits per heavy atom. The van der Waals surface area contributed by atoms with Crippen molar-refractivity contribution in [2.45, 2.75) is 25.8 Å². The van der Waals surface area contributed by atoms with Gasteiger partial charge in [0, 0.05) is 31.6 Å². The third kappa shape index (κ3) is 5.07. The lowest BCUT2D eigenvalue weighted by Gasteiger charge is -2.15. The molecule has 0 aliphatic rings. The van der Waals surface area contributed by atoms with Gasteiger partial charge in [-0.1, -0.05) is 23.7 Å². The van der Waals surface area contributed by atoms with Gasteiger partial charge < -0.3 is 10.2 Å². The maximum atomic E-state index is 11.4. The molecule has 4 heteroatoms. The van der Waals surface area contributed by atoms with Crippen LogP contribution < -0.4 is 5.32 Å². The SMILES string of the molecule is C[C@H](NCCCC(=O)N(C)C)c1cccc(Cl)c1. The molecule has 18 heavy (non-hydrogen) atoms. The Bertz CT molecular complexity index is 393. The Kier molecular flexibility index (Phi) is 6.16. The molecule has 1 atom stereocenters. The summed E-state index contributed by atoms with van der Waals surface area (Å²) in [5, 5.41) is 4.14. The average molecular weight is 269 g/mol. The number of carbonyl (C=O) groups is 1. The number of nitrogens with zero attached hydrogens (tertiary/aromatic N) is 1. The van der Waals surface area contributed by atoms with Gasteiger partial charge in [0.2, 0.25) is 5.91 Å². The van der Waals surface area contributed by atoms with Gasteiger partial charge in [-0.2, -0.15) is 0 Å². The predicted octanol–water partition coefficient (Wildman–Crippen LogP) is 2.86. The molecular formula is C14H21ClN2O. The van der Waals surface area contributed by atoms with E-state index in [1.54, 1.807) is 19.0 Å². The molecule has 0 unspecified atom stereocenters. The van der Waals surface area contributed by atoms with Crippen LogP contribution in [0.2, 0.25) is 5.02 Å². The van der Waals surface area contributed by atoms with Gasteiger partial charge in [-0.15, -0.1) is 0 Å². The predicted molar refractivity (Wildman–Crippen MR) is 75.8 cm³/mol. The van der Waals surface area contributed by atoms with Crippen LogP contribution in [0.25, 0.3) is 0 Å². The molecule has 0 saturated carbocycles. The summed E-state index contributed by atoms with van der Waals surface area (Å²) in [6.07, 6.45) is 1.43. The van der Waals surface area contributed by atoms with Gasteiger partial charge >= 0.3 is 0 Å². The largest absolute Gasteiger partial charge is 0.349 e. The van der Waals surface area contributed by atoms with Crippen molar-refractivity contribution >= 4 is 17.5 Å². The number of hydrogen-bond acceptors (Lipinski definition) is 2. The van der Waals surface area contributed by atoms with Gasteiger partial charge in [-0.3, -0.25) is 4.79 Å². The molecule has 0 aliphatic carbocycles. The van der Waals surface area contributed by atoms with Crippen molar-refractivity contribution in [1.82, 2.24) is 10.2 Å². The van der Waals surface area contributed by atoms with Crippen molar-refractivity contribution in [3.63, 3.8) is 0 Å². The summed E-state index contributed by atoms with van der Waals surface area (Å²) in [6.45, 7) is 2.92. The van der Waals surface area contributed by atoms with E-state index in [9.17, 15) is 4.79 Å². The normalized spacial score (nSPS) is 12.2. The van der Waals surface area contributed by atoms with E-state index in [4.69, 9.17) is 11.6 Å². The molecule has 0 saturated heterocycles. The van der Waals surface area contributed by atoms with Crippen LogP contribution in [-0.4, -0.2) is 31.4 Å². The lowest BCUT2D eigenvalue weighted by atomic mass is 10.1. The molecule has 1 N–H and O–H groups in total. The number of rotatable bonds is 6. The van der Waals surface area contributed by atoms with Crippen LogP contribution in [0.5, 0.6) is 0 Å². The minimum absolute atomic E-state index is 0.173. The van der Waals surface area contributed by atoms with Crippen LogP contribution in [-0.2, 0) is 4.79 Å². The average Bonchev–Trinajstić information content (AvgIpc) is 2.33. The third-order valence-electron chi connectivity index (χ3n) is 2.87. The Labute approximate surface area is 114 Å². The molecule has 0 fully saturated rings. The van der Waals surface area contributed by atoms with Crippen LogP contribution in [0.4, 0.5) is 0 Å². The lowest BCUT2D eigenvalue weighted by Crippen LogP contribution is -2.24. The Morgan fingerprint density at radius 2 is 2.17 bits per heavy atom. The molecule has 1 aromatic carbocycles. The lowest BCUT2D eigenvalue weighted by molar-refractivity contribution is -0.128.